The van der Waals surface area contributed by atoms with Crippen LogP contribution in [0.5, 0.6) is 0 Å². The van der Waals surface area contributed by atoms with Crippen LogP contribution in [0, 0.1) is 0 Å². The molecule has 5 heteroatoms. The predicted octanol–water partition coefficient (Wildman–Crippen LogP) is 3.19. The van der Waals surface area contributed by atoms with Crippen LogP contribution >= 0.6 is 27.3 Å². The van der Waals surface area contributed by atoms with Crippen molar-refractivity contribution < 1.29 is 9.53 Å². The van der Waals surface area contributed by atoms with E-state index in [4.69, 9.17) is 4.74 Å². The number of rotatable bonds is 1. The minimum atomic E-state index is -0.300. The fraction of sp³-hybridized carbons (Fsp3) is 0.154. The van der Waals surface area contributed by atoms with Crippen molar-refractivity contribution in [2.24, 2.45) is 0 Å². The van der Waals surface area contributed by atoms with Gasteiger partial charge in [-0.3, -0.25) is 0 Å². The Labute approximate surface area is 117 Å². The molecule has 1 aromatic heterocycles. The summed E-state index contributed by atoms with van der Waals surface area (Å²) < 4.78 is 5.63. The third kappa shape index (κ3) is 1.66. The SMILES string of the molecule is COC(=O)c1sc2c(c1Br)C1=CC=CNC1C=C2. The maximum atomic E-state index is 11.7. The summed E-state index contributed by atoms with van der Waals surface area (Å²) in [5.41, 5.74) is 2.26. The summed E-state index contributed by atoms with van der Waals surface area (Å²) in [5, 5.41) is 3.27. The maximum Gasteiger partial charge on any atom is 0.349 e. The van der Waals surface area contributed by atoms with Crippen molar-refractivity contribution in [1.82, 2.24) is 5.32 Å². The number of methoxy groups -OCH3 is 1. The number of fused-ring (bicyclic) bond motifs is 3. The maximum absolute atomic E-state index is 11.7. The normalized spacial score (nSPS) is 19.7. The molecule has 2 aliphatic rings. The standard InChI is InChI=1S/C13H10BrNO2S/c1-17-13(16)12-11(14)10-7-3-2-6-15-8(7)4-5-9(10)18-12/h2-6,8,15H,1H3. The summed E-state index contributed by atoms with van der Waals surface area (Å²) in [5.74, 6) is -0.300. The highest BCUT2D eigenvalue weighted by Crippen LogP contribution is 2.43. The van der Waals surface area contributed by atoms with Crippen molar-refractivity contribution in [3.63, 3.8) is 0 Å². The van der Waals surface area contributed by atoms with Crippen LogP contribution in [-0.4, -0.2) is 19.1 Å². The topological polar surface area (TPSA) is 38.3 Å². The van der Waals surface area contributed by atoms with Gasteiger partial charge in [0.05, 0.1) is 17.6 Å². The Balaban J connectivity index is 2.18. The van der Waals surface area contributed by atoms with Crippen LogP contribution in [0.1, 0.15) is 20.1 Å². The average Bonchev–Trinajstić information content (AvgIpc) is 2.76. The fourth-order valence-corrected chi connectivity index (χ4v) is 4.15. The van der Waals surface area contributed by atoms with E-state index in [9.17, 15) is 4.79 Å². The highest BCUT2D eigenvalue weighted by Gasteiger charge is 2.28. The number of hydrogen-bond acceptors (Lipinski definition) is 4. The zero-order chi connectivity index (χ0) is 12.7. The third-order valence-corrected chi connectivity index (χ3v) is 5.15. The number of ether oxygens (including phenoxy) is 1. The fourth-order valence-electron chi connectivity index (χ4n) is 2.12. The molecule has 0 saturated heterocycles. The molecule has 0 aromatic carbocycles. The first-order valence-electron chi connectivity index (χ1n) is 5.44. The monoisotopic (exact) mass is 323 g/mol. The lowest BCUT2D eigenvalue weighted by molar-refractivity contribution is 0.0605. The number of carbonyl (C=O) groups excluding carboxylic acids is 1. The number of esters is 1. The van der Waals surface area contributed by atoms with E-state index in [0.717, 1.165) is 14.9 Å². The first kappa shape index (κ1) is 11.7. The summed E-state index contributed by atoms with van der Waals surface area (Å²) in [7, 11) is 1.40. The van der Waals surface area contributed by atoms with Crippen LogP contribution in [0.25, 0.3) is 11.6 Å². The summed E-state index contributed by atoms with van der Waals surface area (Å²) in [4.78, 5) is 13.4. The van der Waals surface area contributed by atoms with Gasteiger partial charge in [-0.25, -0.2) is 4.79 Å². The van der Waals surface area contributed by atoms with E-state index in [1.54, 1.807) is 0 Å². The Morgan fingerprint density at radius 3 is 3.17 bits per heavy atom. The average molecular weight is 324 g/mol. The number of carbonyl (C=O) groups is 1. The minimum Gasteiger partial charge on any atom is -0.465 e. The Morgan fingerprint density at radius 1 is 1.56 bits per heavy atom. The highest BCUT2D eigenvalue weighted by atomic mass is 79.9. The largest absolute Gasteiger partial charge is 0.465 e. The van der Waals surface area contributed by atoms with Gasteiger partial charge in [0.15, 0.2) is 0 Å². The molecule has 3 nitrogen and oxygen atoms in total. The molecule has 1 aliphatic heterocycles. The van der Waals surface area contributed by atoms with Crippen LogP contribution < -0.4 is 5.32 Å². The molecule has 0 bridgehead atoms. The lowest BCUT2D eigenvalue weighted by Crippen LogP contribution is -2.27. The smallest absolute Gasteiger partial charge is 0.349 e. The number of halogens is 1. The molecule has 0 amide bonds. The number of allylic oxidation sites excluding steroid dienone is 2. The summed E-state index contributed by atoms with van der Waals surface area (Å²) >= 11 is 4.97. The Kier molecular flexibility index (Phi) is 2.87. The van der Waals surface area contributed by atoms with Gasteiger partial charge in [0, 0.05) is 10.4 Å². The van der Waals surface area contributed by atoms with E-state index in [2.05, 4.69) is 33.4 Å². The van der Waals surface area contributed by atoms with Crippen molar-refractivity contribution in [2.75, 3.05) is 7.11 Å². The quantitative estimate of drug-likeness (QED) is 0.806. The number of nitrogens with one attached hydrogen (secondary N) is 1. The van der Waals surface area contributed by atoms with Gasteiger partial charge in [0.25, 0.3) is 0 Å². The van der Waals surface area contributed by atoms with E-state index in [-0.39, 0.29) is 12.0 Å². The molecule has 1 aromatic rings. The van der Waals surface area contributed by atoms with Crippen LogP contribution in [0.2, 0.25) is 0 Å². The van der Waals surface area contributed by atoms with Gasteiger partial charge >= 0.3 is 5.97 Å². The van der Waals surface area contributed by atoms with Crippen LogP contribution in [0.4, 0.5) is 0 Å². The van der Waals surface area contributed by atoms with E-state index < -0.39 is 0 Å². The minimum absolute atomic E-state index is 0.180. The van der Waals surface area contributed by atoms with Crippen molar-refractivity contribution in [3.8, 4) is 0 Å². The Bertz CT molecular complexity index is 613. The molecular formula is C13H10BrNO2S. The van der Waals surface area contributed by atoms with Gasteiger partial charge < -0.3 is 10.1 Å². The molecule has 3 rings (SSSR count). The molecule has 1 unspecified atom stereocenters. The first-order valence-corrected chi connectivity index (χ1v) is 7.05. The van der Waals surface area contributed by atoms with Gasteiger partial charge in [-0.15, -0.1) is 11.3 Å². The van der Waals surface area contributed by atoms with Gasteiger partial charge in [-0.1, -0.05) is 12.2 Å². The molecular weight excluding hydrogens is 314 g/mol. The predicted molar refractivity (Wildman–Crippen MR) is 76.4 cm³/mol. The van der Waals surface area contributed by atoms with E-state index >= 15 is 0 Å². The second kappa shape index (κ2) is 4.40. The van der Waals surface area contributed by atoms with Crippen LogP contribution in [-0.2, 0) is 4.74 Å². The highest BCUT2D eigenvalue weighted by molar-refractivity contribution is 9.10. The third-order valence-electron chi connectivity index (χ3n) is 2.96. The lowest BCUT2D eigenvalue weighted by Gasteiger charge is -2.24. The van der Waals surface area contributed by atoms with Crippen molar-refractivity contribution in [2.45, 2.75) is 6.04 Å². The van der Waals surface area contributed by atoms with Gasteiger partial charge in [-0.05, 0) is 39.9 Å². The van der Waals surface area contributed by atoms with E-state index in [1.807, 2.05) is 18.4 Å². The van der Waals surface area contributed by atoms with Crippen molar-refractivity contribution in [3.05, 3.63) is 44.2 Å². The van der Waals surface area contributed by atoms with E-state index in [1.165, 1.54) is 24.0 Å². The molecule has 1 aliphatic carbocycles. The molecule has 0 spiro atoms. The number of dihydropyridines is 1. The summed E-state index contributed by atoms with van der Waals surface area (Å²) in [6.45, 7) is 0. The number of hydrogen-bond donors (Lipinski definition) is 1. The van der Waals surface area contributed by atoms with Gasteiger partial charge in [-0.2, -0.15) is 0 Å². The van der Waals surface area contributed by atoms with E-state index in [0.29, 0.717) is 4.88 Å². The molecule has 2 heterocycles. The summed E-state index contributed by atoms with van der Waals surface area (Å²) in [6.07, 6.45) is 10.1. The van der Waals surface area contributed by atoms with Gasteiger partial charge in [0.1, 0.15) is 4.88 Å². The van der Waals surface area contributed by atoms with Crippen molar-refractivity contribution in [1.29, 1.82) is 0 Å². The first-order chi connectivity index (χ1) is 8.72. The molecule has 0 saturated carbocycles. The Hall–Kier alpha value is -1.33. The molecule has 1 N–H and O–H groups in total. The molecule has 0 fully saturated rings. The molecule has 0 radical (unpaired) electrons. The second-order valence-electron chi connectivity index (χ2n) is 3.96. The zero-order valence-electron chi connectivity index (χ0n) is 9.57. The molecule has 1 atom stereocenters. The zero-order valence-corrected chi connectivity index (χ0v) is 12.0. The second-order valence-corrected chi connectivity index (χ2v) is 5.81. The Morgan fingerprint density at radius 2 is 2.39 bits per heavy atom. The number of thiophene rings is 1. The van der Waals surface area contributed by atoms with Crippen LogP contribution in [0.3, 0.4) is 0 Å². The lowest BCUT2D eigenvalue weighted by atomic mass is 9.92. The van der Waals surface area contributed by atoms with Gasteiger partial charge in [0.2, 0.25) is 0 Å². The summed E-state index contributed by atoms with van der Waals surface area (Å²) in [6, 6.07) is 0.180. The molecule has 92 valence electrons. The van der Waals surface area contributed by atoms with Crippen LogP contribution in [0.15, 0.2) is 28.9 Å². The molecule has 18 heavy (non-hydrogen) atoms. The van der Waals surface area contributed by atoms with Crippen molar-refractivity contribution >= 4 is 44.9 Å².